The molecule has 1 N–H and O–H groups in total. The van der Waals surface area contributed by atoms with Crippen LogP contribution in [0, 0.1) is 5.92 Å². The van der Waals surface area contributed by atoms with Crippen LogP contribution in [-0.2, 0) is 9.59 Å². The third-order valence-corrected chi connectivity index (χ3v) is 6.20. The van der Waals surface area contributed by atoms with Gasteiger partial charge in [0.25, 0.3) is 5.91 Å². The van der Waals surface area contributed by atoms with Crippen LogP contribution in [-0.4, -0.2) is 43.2 Å². The van der Waals surface area contributed by atoms with E-state index >= 15 is 0 Å². The van der Waals surface area contributed by atoms with Crippen LogP contribution >= 0.6 is 34.8 Å². The van der Waals surface area contributed by atoms with Crippen molar-refractivity contribution in [1.29, 1.82) is 0 Å². The summed E-state index contributed by atoms with van der Waals surface area (Å²) in [6, 6.07) is 8.22. The lowest BCUT2D eigenvalue weighted by Gasteiger charge is -2.31. The Kier molecular flexibility index (Phi) is 6.65. The maximum Gasteiger partial charge on any atom is 0.260 e. The first kappa shape index (κ1) is 21.9. The summed E-state index contributed by atoms with van der Waals surface area (Å²) >= 11 is 17.9. The van der Waals surface area contributed by atoms with E-state index in [2.05, 4.69) is 5.32 Å². The van der Waals surface area contributed by atoms with Crippen LogP contribution in [0.4, 0.5) is 5.69 Å². The Hall–Kier alpha value is -2.35. The smallest absolute Gasteiger partial charge is 0.260 e. The fourth-order valence-corrected chi connectivity index (χ4v) is 4.05. The highest BCUT2D eigenvalue weighted by atomic mass is 35.5. The molecule has 164 valence electrons. The number of nitrogens with one attached hydrogen (secondary N) is 1. The minimum Gasteiger partial charge on any atom is -0.482 e. The van der Waals surface area contributed by atoms with Gasteiger partial charge in [0.2, 0.25) is 12.7 Å². The van der Waals surface area contributed by atoms with Crippen molar-refractivity contribution in [2.75, 3.05) is 31.8 Å². The molecule has 2 aromatic carbocycles. The van der Waals surface area contributed by atoms with Gasteiger partial charge in [-0.3, -0.25) is 9.59 Å². The average Bonchev–Trinajstić information content (AvgIpc) is 3.23. The zero-order chi connectivity index (χ0) is 22.0. The number of fused-ring (bicyclic) bond motifs is 1. The minimum absolute atomic E-state index is 0.0789. The minimum atomic E-state index is -0.184. The summed E-state index contributed by atoms with van der Waals surface area (Å²) in [4.78, 5) is 26.8. The van der Waals surface area contributed by atoms with Crippen LogP contribution in [0.15, 0.2) is 30.3 Å². The summed E-state index contributed by atoms with van der Waals surface area (Å²) in [5, 5.41) is 3.79. The lowest BCUT2D eigenvalue weighted by molar-refractivity contribution is -0.136. The van der Waals surface area contributed by atoms with Gasteiger partial charge in [0.1, 0.15) is 5.75 Å². The van der Waals surface area contributed by atoms with Crippen molar-refractivity contribution in [3.05, 3.63) is 45.4 Å². The van der Waals surface area contributed by atoms with E-state index in [4.69, 9.17) is 49.0 Å². The second-order valence-electron chi connectivity index (χ2n) is 7.20. The van der Waals surface area contributed by atoms with E-state index in [9.17, 15) is 9.59 Å². The van der Waals surface area contributed by atoms with Gasteiger partial charge in [-0.15, -0.1) is 0 Å². The molecule has 1 saturated heterocycles. The van der Waals surface area contributed by atoms with Gasteiger partial charge in [-0.2, -0.15) is 0 Å². The summed E-state index contributed by atoms with van der Waals surface area (Å²) < 4.78 is 16.1. The number of hydrogen-bond acceptors (Lipinski definition) is 5. The summed E-state index contributed by atoms with van der Waals surface area (Å²) in [5.74, 6) is 1.12. The maximum absolute atomic E-state index is 12.6. The van der Waals surface area contributed by atoms with Gasteiger partial charge in [0.15, 0.2) is 18.1 Å². The number of carbonyl (C=O) groups excluding carboxylic acids is 2. The molecule has 2 aliphatic heterocycles. The van der Waals surface area contributed by atoms with E-state index in [1.807, 2.05) is 0 Å². The fourth-order valence-electron chi connectivity index (χ4n) is 3.46. The molecule has 0 bridgehead atoms. The highest BCUT2D eigenvalue weighted by Gasteiger charge is 2.28. The molecule has 0 aromatic heterocycles. The molecule has 2 aromatic rings. The SMILES string of the molecule is O=C(Nc1ccc2c(c1)OCO2)C1CCN(C(=O)COc2cc(Cl)c(Cl)cc2Cl)CC1. The number of benzene rings is 2. The molecular weight excluding hydrogens is 467 g/mol. The molecule has 0 spiro atoms. The van der Waals surface area contributed by atoms with Gasteiger partial charge in [-0.05, 0) is 31.0 Å². The van der Waals surface area contributed by atoms with Crippen molar-refractivity contribution in [3.8, 4) is 17.2 Å². The number of rotatable bonds is 5. The number of piperidine rings is 1. The molecule has 0 radical (unpaired) electrons. The molecule has 31 heavy (non-hydrogen) atoms. The second kappa shape index (κ2) is 9.42. The Bertz CT molecular complexity index is 1010. The molecule has 0 aliphatic carbocycles. The van der Waals surface area contributed by atoms with Crippen molar-refractivity contribution < 1.29 is 23.8 Å². The molecule has 0 saturated carbocycles. The molecule has 1 fully saturated rings. The summed E-state index contributed by atoms with van der Waals surface area (Å²) in [7, 11) is 0. The molecule has 4 rings (SSSR count). The number of ether oxygens (including phenoxy) is 3. The van der Waals surface area contributed by atoms with Crippen LogP contribution in [0.1, 0.15) is 12.8 Å². The van der Waals surface area contributed by atoms with Gasteiger partial charge in [0, 0.05) is 36.8 Å². The van der Waals surface area contributed by atoms with E-state index in [1.165, 1.54) is 12.1 Å². The van der Waals surface area contributed by atoms with Crippen molar-refractivity contribution in [3.63, 3.8) is 0 Å². The number of nitrogens with zero attached hydrogens (tertiary/aromatic N) is 1. The lowest BCUT2D eigenvalue weighted by Crippen LogP contribution is -2.43. The van der Waals surface area contributed by atoms with Gasteiger partial charge in [-0.25, -0.2) is 0 Å². The van der Waals surface area contributed by atoms with Gasteiger partial charge in [0.05, 0.1) is 15.1 Å². The van der Waals surface area contributed by atoms with Crippen molar-refractivity contribution in [1.82, 2.24) is 4.90 Å². The molecule has 7 nitrogen and oxygen atoms in total. The molecule has 2 heterocycles. The molecule has 2 aliphatic rings. The van der Waals surface area contributed by atoms with Crippen molar-refractivity contribution in [2.24, 2.45) is 5.92 Å². The standard InChI is InChI=1S/C21H19Cl3N2O5/c22-14-8-16(24)18(9-15(14)23)29-10-20(27)26-5-3-12(4-6-26)21(28)25-13-1-2-17-19(7-13)31-11-30-17/h1-2,7-9,12H,3-6,10-11H2,(H,25,28). The van der Waals surface area contributed by atoms with Gasteiger partial charge < -0.3 is 24.4 Å². The number of halogens is 3. The Balaban J connectivity index is 1.25. The Morgan fingerprint density at radius 3 is 2.48 bits per heavy atom. The van der Waals surface area contributed by atoms with E-state index in [-0.39, 0.29) is 36.2 Å². The van der Waals surface area contributed by atoms with Crippen LogP contribution in [0.2, 0.25) is 15.1 Å². The van der Waals surface area contributed by atoms with Crippen LogP contribution in [0.3, 0.4) is 0 Å². The average molecular weight is 486 g/mol. The highest BCUT2D eigenvalue weighted by molar-refractivity contribution is 6.43. The Labute approximate surface area is 194 Å². The molecular formula is C21H19Cl3N2O5. The van der Waals surface area contributed by atoms with E-state index in [0.29, 0.717) is 58.9 Å². The zero-order valence-electron chi connectivity index (χ0n) is 16.3. The van der Waals surface area contributed by atoms with Crippen molar-refractivity contribution in [2.45, 2.75) is 12.8 Å². The Morgan fingerprint density at radius 2 is 1.71 bits per heavy atom. The fraction of sp³-hybridized carbons (Fsp3) is 0.333. The third kappa shape index (κ3) is 5.11. The predicted molar refractivity (Wildman–Crippen MR) is 117 cm³/mol. The Morgan fingerprint density at radius 1 is 1.00 bits per heavy atom. The summed E-state index contributed by atoms with van der Waals surface area (Å²) in [5.41, 5.74) is 0.652. The highest BCUT2D eigenvalue weighted by Crippen LogP contribution is 2.35. The molecule has 10 heteroatoms. The van der Waals surface area contributed by atoms with Crippen LogP contribution in [0.5, 0.6) is 17.2 Å². The monoisotopic (exact) mass is 484 g/mol. The van der Waals surface area contributed by atoms with Crippen LogP contribution in [0.25, 0.3) is 0 Å². The maximum atomic E-state index is 12.6. The van der Waals surface area contributed by atoms with Crippen molar-refractivity contribution >= 4 is 52.3 Å². The summed E-state index contributed by atoms with van der Waals surface area (Å²) in [6.45, 7) is 0.943. The number of likely N-dealkylation sites (tertiary alicyclic amines) is 1. The molecule has 0 atom stereocenters. The van der Waals surface area contributed by atoms with Gasteiger partial charge in [-0.1, -0.05) is 34.8 Å². The largest absolute Gasteiger partial charge is 0.482 e. The second-order valence-corrected chi connectivity index (χ2v) is 8.42. The predicted octanol–water partition coefficient (Wildman–Crippen LogP) is 4.63. The topological polar surface area (TPSA) is 77.1 Å². The van der Waals surface area contributed by atoms with E-state index in [0.717, 1.165) is 0 Å². The van der Waals surface area contributed by atoms with Gasteiger partial charge >= 0.3 is 0 Å². The molecule has 2 amide bonds. The molecule has 0 unspecified atom stereocenters. The van der Waals surface area contributed by atoms with E-state index in [1.54, 1.807) is 23.1 Å². The first-order valence-electron chi connectivity index (χ1n) is 9.66. The summed E-state index contributed by atoms with van der Waals surface area (Å²) in [6.07, 6.45) is 1.13. The number of hydrogen-bond donors (Lipinski definition) is 1. The number of amides is 2. The third-order valence-electron chi connectivity index (χ3n) is 5.18. The lowest BCUT2D eigenvalue weighted by atomic mass is 9.95. The zero-order valence-corrected chi connectivity index (χ0v) is 18.6. The quantitative estimate of drug-likeness (QED) is 0.625. The number of carbonyl (C=O) groups is 2. The normalized spacial score (nSPS) is 15.6. The number of anilines is 1. The first-order chi connectivity index (χ1) is 14.9. The first-order valence-corrected chi connectivity index (χ1v) is 10.8. The van der Waals surface area contributed by atoms with Crippen LogP contribution < -0.4 is 19.5 Å². The van der Waals surface area contributed by atoms with E-state index < -0.39 is 0 Å².